The van der Waals surface area contributed by atoms with E-state index in [0.29, 0.717) is 59.9 Å². The quantitative estimate of drug-likeness (QED) is 0.0606. The van der Waals surface area contributed by atoms with Gasteiger partial charge in [-0.25, -0.2) is 18.4 Å². The predicted octanol–water partition coefficient (Wildman–Crippen LogP) is 6.87. The van der Waals surface area contributed by atoms with E-state index in [1.54, 1.807) is 36.4 Å². The summed E-state index contributed by atoms with van der Waals surface area (Å²) in [4.78, 5) is 86.5. The normalized spacial score (nSPS) is 15.8. The second-order valence-corrected chi connectivity index (χ2v) is 21.6. The number of nitrogens with one attached hydrogen (secondary N) is 3. The van der Waals surface area contributed by atoms with Crippen molar-refractivity contribution in [3.05, 3.63) is 207 Å². The van der Waals surface area contributed by atoms with E-state index < -0.39 is 58.2 Å². The smallest absolute Gasteiger partial charge is 0.330 e. The number of aromatic nitrogens is 4. The first kappa shape index (κ1) is 68.0. The highest BCUT2D eigenvalue weighted by Gasteiger charge is 2.28. The van der Waals surface area contributed by atoms with Crippen molar-refractivity contribution in [2.24, 2.45) is 33.9 Å². The van der Waals surface area contributed by atoms with E-state index in [1.807, 2.05) is 76.2 Å². The van der Waals surface area contributed by atoms with Crippen molar-refractivity contribution in [3.63, 3.8) is 0 Å². The molecule has 0 unspecified atom stereocenters. The average molecular weight is 1240 g/mol. The van der Waals surface area contributed by atoms with Crippen LogP contribution in [0.5, 0.6) is 11.5 Å². The van der Waals surface area contributed by atoms with E-state index in [9.17, 15) is 43.1 Å². The number of aryl methyl sites for hydroxylation is 2. The maximum atomic E-state index is 15.5. The van der Waals surface area contributed by atoms with Crippen LogP contribution < -0.4 is 53.7 Å². The zero-order chi connectivity index (χ0) is 64.7. The molecule has 2 aliphatic rings. The minimum absolute atomic E-state index is 0. The number of carbonyl (C=O) groups is 3. The third-order valence-corrected chi connectivity index (χ3v) is 15.9. The summed E-state index contributed by atoms with van der Waals surface area (Å²) in [7, 11) is 8.45. The van der Waals surface area contributed by atoms with Gasteiger partial charge < -0.3 is 60.0 Å². The van der Waals surface area contributed by atoms with E-state index in [0.717, 1.165) is 64.8 Å². The third kappa shape index (κ3) is 14.3. The standard InChI is InChI=1S/C33H35FN4O6.C29H26FN3O5.C4H9NO2.CH4/c1-18-21(20-12-26(34)24(30(13-20)43-5)14-35-28-16-44-17-29(28)39)8-6-9-22(18)23-10-7-11-27(19(23)2)36-31(40)25-15-37(3)33(42)38(4)32(25)41;1-16-19(18-12-24(30)23(15-34)26(13-18)38-5)8-6-9-20(16)21-10-7-11-25(17(21)2)31-27(35)22-14-32(3)29(37)33(4)28(22)36;5-3-1-7-2-4(3)6;/h6-13,15,28-29,35,39H,14,16-17H2,1-5H3,(H,36,40);6-15H,1-5H3,(H,31,35);3-4,6H,1-2,5H2;1H4/t28-,29-;;3-,4-;/m0.0./s1. The molecule has 4 atom stereocenters. The molecule has 7 N–H and O–H groups in total. The molecule has 6 aromatic carbocycles. The maximum Gasteiger partial charge on any atom is 0.330 e. The fourth-order valence-electron chi connectivity index (χ4n) is 10.6. The number of halogens is 2. The number of hydrogen-bond acceptors (Lipinski definition) is 15. The number of hydrogen-bond donors (Lipinski definition) is 6. The summed E-state index contributed by atoms with van der Waals surface area (Å²) in [5.41, 5.74) is 13.2. The lowest BCUT2D eigenvalue weighted by Crippen LogP contribution is -2.40. The summed E-state index contributed by atoms with van der Waals surface area (Å²) in [5, 5.41) is 27.5. The van der Waals surface area contributed by atoms with Crippen LogP contribution in [0.4, 0.5) is 20.2 Å². The number of aldehydes is 1. The van der Waals surface area contributed by atoms with Crippen molar-refractivity contribution in [1.82, 2.24) is 23.6 Å². The molecule has 2 fully saturated rings. The summed E-state index contributed by atoms with van der Waals surface area (Å²) in [5.74, 6) is -1.84. The van der Waals surface area contributed by atoms with Crippen LogP contribution >= 0.6 is 0 Å². The van der Waals surface area contributed by atoms with Crippen molar-refractivity contribution < 1.29 is 52.3 Å². The van der Waals surface area contributed by atoms with Crippen molar-refractivity contribution in [2.75, 3.05) is 51.3 Å². The van der Waals surface area contributed by atoms with Crippen LogP contribution in [0.15, 0.2) is 129 Å². The van der Waals surface area contributed by atoms with E-state index in [2.05, 4.69) is 16.0 Å². The Labute approximate surface area is 517 Å². The SMILES string of the molecule is C.COc1cc(-c2cccc(-c3cccc(NC(=O)c4cn(C)c(=O)n(C)c4=O)c3C)c2C)cc(F)c1C=O.COc1cc(-c2cccc(-c3cccc(NC(=O)c4cn(C)c(=O)n(C)c4=O)c3C)c2C)cc(F)c1CN[C@H]1COC[C@@H]1O.N[C@H]1COC[C@@H]1O. The highest BCUT2D eigenvalue weighted by Crippen LogP contribution is 2.40. The Morgan fingerprint density at radius 1 is 0.600 bits per heavy atom. The lowest BCUT2D eigenvalue weighted by molar-refractivity contribution is 0.101. The highest BCUT2D eigenvalue weighted by atomic mass is 19.1. The zero-order valence-corrected chi connectivity index (χ0v) is 50.8. The van der Waals surface area contributed by atoms with Gasteiger partial charge in [0.05, 0.1) is 70.5 Å². The molecule has 0 spiro atoms. The molecule has 2 aromatic heterocycles. The van der Waals surface area contributed by atoms with Gasteiger partial charge >= 0.3 is 11.4 Å². The van der Waals surface area contributed by atoms with Crippen molar-refractivity contribution >= 4 is 29.5 Å². The van der Waals surface area contributed by atoms with Gasteiger partial charge in [0.15, 0.2) is 6.29 Å². The molecule has 4 heterocycles. The molecule has 0 aliphatic carbocycles. The van der Waals surface area contributed by atoms with Crippen LogP contribution in [0.2, 0.25) is 0 Å². The first-order valence-corrected chi connectivity index (χ1v) is 28.2. The second kappa shape index (κ2) is 29.2. The number of nitrogens with two attached hydrogens (primary N) is 1. The van der Waals surface area contributed by atoms with Gasteiger partial charge in [0.1, 0.15) is 34.3 Å². The highest BCUT2D eigenvalue weighted by molar-refractivity contribution is 6.05. The molecular formula is C67H74F2N8O13. The molecule has 2 saturated heterocycles. The number of methoxy groups -OCH3 is 2. The first-order chi connectivity index (χ1) is 42.4. The molecule has 8 aromatic rings. The van der Waals surface area contributed by atoms with Crippen molar-refractivity contribution in [2.45, 2.75) is 66.0 Å². The van der Waals surface area contributed by atoms with Gasteiger partial charge in [-0.2, -0.15) is 0 Å². The van der Waals surface area contributed by atoms with E-state index in [4.69, 9.17) is 29.8 Å². The predicted molar refractivity (Wildman–Crippen MR) is 341 cm³/mol. The molecule has 0 saturated carbocycles. The van der Waals surface area contributed by atoms with Gasteiger partial charge in [0.2, 0.25) is 0 Å². The minimum atomic E-state index is -0.689. The van der Waals surface area contributed by atoms with Crippen LogP contribution in [0.3, 0.4) is 0 Å². The number of aliphatic hydroxyl groups excluding tert-OH is 2. The van der Waals surface area contributed by atoms with E-state index in [1.165, 1.54) is 76.1 Å². The average Bonchev–Trinajstić information content (AvgIpc) is 0.916. The molecule has 474 valence electrons. The Bertz CT molecular complexity index is 4280. The van der Waals surface area contributed by atoms with Crippen LogP contribution in [0.1, 0.15) is 66.3 Å². The van der Waals surface area contributed by atoms with Crippen LogP contribution in [0, 0.1) is 39.3 Å². The maximum absolute atomic E-state index is 15.5. The van der Waals surface area contributed by atoms with Crippen molar-refractivity contribution in [1.29, 1.82) is 0 Å². The van der Waals surface area contributed by atoms with Gasteiger partial charge in [-0.05, 0) is 131 Å². The van der Waals surface area contributed by atoms with Gasteiger partial charge in [-0.1, -0.05) is 68.1 Å². The number of aliphatic hydroxyl groups is 2. The Hall–Kier alpha value is -9.49. The van der Waals surface area contributed by atoms with Crippen LogP contribution in [-0.2, 0) is 44.2 Å². The number of ether oxygens (including phenoxy) is 4. The summed E-state index contributed by atoms with van der Waals surface area (Å²) in [6.45, 7) is 9.24. The Balaban J connectivity index is 0.000000230. The van der Waals surface area contributed by atoms with Crippen molar-refractivity contribution in [3.8, 4) is 56.0 Å². The number of nitrogens with zero attached hydrogens (tertiary/aromatic N) is 4. The number of amides is 2. The number of carbonyl (C=O) groups excluding carboxylic acids is 3. The zero-order valence-electron chi connectivity index (χ0n) is 50.8. The second-order valence-electron chi connectivity index (χ2n) is 21.6. The monoisotopic (exact) mass is 1240 g/mol. The number of rotatable bonds is 14. The minimum Gasteiger partial charge on any atom is -0.496 e. The van der Waals surface area contributed by atoms with Gasteiger partial charge in [0, 0.05) is 64.1 Å². The molecule has 90 heavy (non-hydrogen) atoms. The number of benzene rings is 6. The van der Waals surface area contributed by atoms with Gasteiger partial charge in [-0.15, -0.1) is 0 Å². The molecular weight excluding hydrogens is 1160 g/mol. The Morgan fingerprint density at radius 2 is 1.01 bits per heavy atom. The molecule has 0 bridgehead atoms. The van der Waals surface area contributed by atoms with E-state index in [-0.39, 0.29) is 55.1 Å². The van der Waals surface area contributed by atoms with Gasteiger partial charge in [0.25, 0.3) is 22.9 Å². The Kier molecular flexibility index (Phi) is 22.1. The topological polar surface area (TPSA) is 279 Å². The van der Waals surface area contributed by atoms with Gasteiger partial charge in [-0.3, -0.25) is 33.1 Å². The molecule has 2 aliphatic heterocycles. The summed E-state index contributed by atoms with van der Waals surface area (Å²) < 4.78 is 55.1. The molecule has 23 heteroatoms. The summed E-state index contributed by atoms with van der Waals surface area (Å²) in [6.07, 6.45) is 1.80. The summed E-state index contributed by atoms with van der Waals surface area (Å²) in [6, 6.07) is 28.0. The van der Waals surface area contributed by atoms with Crippen LogP contribution in [-0.4, -0.2) is 112 Å². The lowest BCUT2D eigenvalue weighted by Gasteiger charge is -2.19. The lowest BCUT2D eigenvalue weighted by atomic mass is 9.90. The third-order valence-electron chi connectivity index (χ3n) is 15.9. The van der Waals surface area contributed by atoms with E-state index >= 15 is 4.39 Å². The Morgan fingerprint density at radius 3 is 1.41 bits per heavy atom. The molecule has 2 amide bonds. The fraction of sp³-hybridized carbons (Fsp3) is 0.299. The largest absolute Gasteiger partial charge is 0.496 e. The molecule has 0 radical (unpaired) electrons. The van der Waals surface area contributed by atoms with Crippen LogP contribution in [0.25, 0.3) is 44.5 Å². The molecule has 21 nitrogen and oxygen atoms in total. The molecule has 10 rings (SSSR count). The first-order valence-electron chi connectivity index (χ1n) is 28.2. The summed E-state index contributed by atoms with van der Waals surface area (Å²) >= 11 is 0. The number of anilines is 2. The fourth-order valence-corrected chi connectivity index (χ4v) is 10.6.